The molecule has 2 nitrogen and oxygen atoms in total. The molecule has 0 unspecified atom stereocenters. The molecule has 0 N–H and O–H groups in total. The number of rotatable bonds is 4. The van der Waals surface area contributed by atoms with Gasteiger partial charge in [0, 0.05) is 11.4 Å². The van der Waals surface area contributed by atoms with Gasteiger partial charge in [-0.15, -0.1) is 0 Å². The van der Waals surface area contributed by atoms with E-state index in [1.165, 1.54) is 18.0 Å². The molecule has 0 atom stereocenters. The van der Waals surface area contributed by atoms with E-state index >= 15 is 0 Å². The molecule has 0 saturated heterocycles. The van der Waals surface area contributed by atoms with Crippen LogP contribution in [0.3, 0.4) is 0 Å². The highest BCUT2D eigenvalue weighted by Gasteiger charge is 2.25. The normalized spacial score (nSPS) is 16.5. The fourth-order valence-corrected chi connectivity index (χ4v) is 2.93. The van der Waals surface area contributed by atoms with Crippen LogP contribution in [-0.4, -0.2) is 19.7 Å². The first kappa shape index (κ1) is 10.7. The van der Waals surface area contributed by atoms with Crippen LogP contribution in [0.1, 0.15) is 12.8 Å². The molecule has 3 heteroatoms. The maximum absolute atomic E-state index is 5.81. The number of pyridine rings is 1. The minimum Gasteiger partial charge on any atom is -0.477 e. The third-order valence-electron chi connectivity index (χ3n) is 2.73. The highest BCUT2D eigenvalue weighted by atomic mass is 28.3. The molecule has 2 rings (SSSR count). The van der Waals surface area contributed by atoms with Crippen molar-refractivity contribution in [3.63, 3.8) is 0 Å². The summed E-state index contributed by atoms with van der Waals surface area (Å²) in [5.41, 5.74) is 0. The topological polar surface area (TPSA) is 22.1 Å². The monoisotopic (exact) mass is 221 g/mol. The predicted octanol–water partition coefficient (Wildman–Crippen LogP) is 2.42. The average molecular weight is 221 g/mol. The number of aromatic nitrogens is 1. The molecule has 0 aromatic carbocycles. The Kier molecular flexibility index (Phi) is 2.82. The summed E-state index contributed by atoms with van der Waals surface area (Å²) in [6.45, 7) is 7.84. The first-order valence-corrected chi connectivity index (χ1v) is 9.15. The average Bonchev–Trinajstić information content (AvgIpc) is 2.97. The molecule has 82 valence electrons. The summed E-state index contributed by atoms with van der Waals surface area (Å²) in [4.78, 5) is 4.36. The highest BCUT2D eigenvalue weighted by molar-refractivity contribution is 6.89. The zero-order valence-corrected chi connectivity index (χ0v) is 10.8. The van der Waals surface area contributed by atoms with Gasteiger partial charge in [0.1, 0.15) is 0 Å². The Labute approximate surface area is 92.7 Å². The Morgan fingerprint density at radius 1 is 1.40 bits per heavy atom. The molecule has 1 fully saturated rings. The Bertz CT molecular complexity index is 342. The molecule has 1 heterocycles. The van der Waals surface area contributed by atoms with Crippen molar-refractivity contribution < 1.29 is 4.74 Å². The van der Waals surface area contributed by atoms with Crippen LogP contribution in [-0.2, 0) is 0 Å². The van der Waals surface area contributed by atoms with Crippen LogP contribution in [0.25, 0.3) is 0 Å². The fourth-order valence-electron chi connectivity index (χ4n) is 1.56. The fraction of sp³-hybridized carbons (Fsp3) is 0.583. The summed E-state index contributed by atoms with van der Waals surface area (Å²) in [7, 11) is -1.32. The van der Waals surface area contributed by atoms with E-state index in [0.29, 0.717) is 0 Å². The van der Waals surface area contributed by atoms with Crippen LogP contribution in [0.2, 0.25) is 19.6 Å². The van der Waals surface area contributed by atoms with Crippen LogP contribution in [0.4, 0.5) is 0 Å². The second-order valence-electron chi connectivity index (χ2n) is 5.36. The molecule has 0 spiro atoms. The molecule has 0 amide bonds. The summed E-state index contributed by atoms with van der Waals surface area (Å²) in [6, 6.07) is 4.18. The van der Waals surface area contributed by atoms with Gasteiger partial charge in [-0.3, -0.25) is 0 Å². The standard InChI is InChI=1S/C12H19NOSi/c1-15(2,3)11-5-4-8-13-12(11)14-9-10-6-7-10/h4-5,8,10H,6-7,9H2,1-3H3. The summed E-state index contributed by atoms with van der Waals surface area (Å²) >= 11 is 0. The van der Waals surface area contributed by atoms with Crippen molar-refractivity contribution in [1.82, 2.24) is 4.98 Å². The number of ether oxygens (including phenoxy) is 1. The van der Waals surface area contributed by atoms with E-state index in [1.807, 2.05) is 12.3 Å². The molecule has 0 radical (unpaired) electrons. The van der Waals surface area contributed by atoms with E-state index < -0.39 is 8.07 Å². The predicted molar refractivity (Wildman–Crippen MR) is 65.4 cm³/mol. The van der Waals surface area contributed by atoms with Crippen molar-refractivity contribution in [3.8, 4) is 5.88 Å². The highest BCUT2D eigenvalue weighted by Crippen LogP contribution is 2.29. The first-order valence-electron chi connectivity index (χ1n) is 5.65. The minimum absolute atomic E-state index is 0.793. The molecular weight excluding hydrogens is 202 g/mol. The van der Waals surface area contributed by atoms with Crippen LogP contribution in [0, 0.1) is 5.92 Å². The van der Waals surface area contributed by atoms with Crippen molar-refractivity contribution in [2.45, 2.75) is 32.5 Å². The lowest BCUT2D eigenvalue weighted by molar-refractivity contribution is 0.291. The van der Waals surface area contributed by atoms with Gasteiger partial charge in [-0.05, 0) is 24.8 Å². The Morgan fingerprint density at radius 2 is 2.13 bits per heavy atom. The van der Waals surface area contributed by atoms with Crippen molar-refractivity contribution in [2.24, 2.45) is 5.92 Å². The van der Waals surface area contributed by atoms with E-state index in [0.717, 1.165) is 18.4 Å². The summed E-state index contributed by atoms with van der Waals surface area (Å²) < 4.78 is 5.81. The molecule has 0 bridgehead atoms. The maximum atomic E-state index is 5.81. The van der Waals surface area contributed by atoms with Gasteiger partial charge in [0.25, 0.3) is 0 Å². The lowest BCUT2D eigenvalue weighted by Gasteiger charge is -2.19. The van der Waals surface area contributed by atoms with Crippen molar-refractivity contribution in [2.75, 3.05) is 6.61 Å². The van der Waals surface area contributed by atoms with Gasteiger partial charge >= 0.3 is 0 Å². The van der Waals surface area contributed by atoms with E-state index in [2.05, 4.69) is 30.7 Å². The number of hydrogen-bond donors (Lipinski definition) is 0. The van der Waals surface area contributed by atoms with Crippen molar-refractivity contribution >= 4 is 13.3 Å². The zero-order chi connectivity index (χ0) is 10.9. The molecular formula is C12H19NOSi. The van der Waals surface area contributed by atoms with Gasteiger partial charge in [-0.2, -0.15) is 0 Å². The molecule has 1 aromatic heterocycles. The van der Waals surface area contributed by atoms with Crippen molar-refractivity contribution in [1.29, 1.82) is 0 Å². The molecule has 1 aliphatic rings. The van der Waals surface area contributed by atoms with E-state index in [9.17, 15) is 0 Å². The van der Waals surface area contributed by atoms with Crippen LogP contribution >= 0.6 is 0 Å². The smallest absolute Gasteiger partial charge is 0.212 e. The lowest BCUT2D eigenvalue weighted by atomic mass is 10.4. The maximum Gasteiger partial charge on any atom is 0.212 e. The Hall–Kier alpha value is -0.833. The summed E-state index contributed by atoms with van der Waals surface area (Å²) in [5.74, 6) is 1.67. The number of hydrogen-bond acceptors (Lipinski definition) is 2. The molecule has 15 heavy (non-hydrogen) atoms. The van der Waals surface area contributed by atoms with E-state index in [1.54, 1.807) is 0 Å². The SMILES string of the molecule is C[Si](C)(C)c1cccnc1OCC1CC1. The third kappa shape index (κ3) is 2.81. The molecule has 1 saturated carbocycles. The molecule has 0 aliphatic heterocycles. The second kappa shape index (κ2) is 3.97. The van der Waals surface area contributed by atoms with E-state index in [4.69, 9.17) is 4.74 Å². The first-order chi connectivity index (χ1) is 7.07. The van der Waals surface area contributed by atoms with E-state index in [-0.39, 0.29) is 0 Å². The quantitative estimate of drug-likeness (QED) is 0.729. The van der Waals surface area contributed by atoms with Crippen molar-refractivity contribution in [3.05, 3.63) is 18.3 Å². The number of nitrogens with zero attached hydrogens (tertiary/aromatic N) is 1. The van der Waals surface area contributed by atoms with Gasteiger partial charge in [-0.1, -0.05) is 25.7 Å². The molecule has 1 aromatic rings. The van der Waals surface area contributed by atoms with Gasteiger partial charge in [0.05, 0.1) is 14.7 Å². The van der Waals surface area contributed by atoms with Gasteiger partial charge in [0.15, 0.2) is 0 Å². The third-order valence-corrected chi connectivity index (χ3v) is 4.73. The minimum atomic E-state index is -1.32. The van der Waals surface area contributed by atoms with Crippen LogP contribution in [0.15, 0.2) is 18.3 Å². The zero-order valence-electron chi connectivity index (χ0n) is 9.79. The van der Waals surface area contributed by atoms with Gasteiger partial charge in [-0.25, -0.2) is 4.98 Å². The Balaban J connectivity index is 2.13. The summed E-state index contributed by atoms with van der Waals surface area (Å²) in [5, 5.41) is 1.34. The van der Waals surface area contributed by atoms with Gasteiger partial charge in [0.2, 0.25) is 5.88 Å². The molecule has 1 aliphatic carbocycles. The van der Waals surface area contributed by atoms with Crippen LogP contribution < -0.4 is 9.92 Å². The van der Waals surface area contributed by atoms with Crippen LogP contribution in [0.5, 0.6) is 5.88 Å². The second-order valence-corrected chi connectivity index (χ2v) is 10.4. The largest absolute Gasteiger partial charge is 0.477 e. The summed E-state index contributed by atoms with van der Waals surface area (Å²) in [6.07, 6.45) is 4.48. The lowest BCUT2D eigenvalue weighted by Crippen LogP contribution is -2.39. The van der Waals surface area contributed by atoms with Gasteiger partial charge < -0.3 is 4.74 Å². The Morgan fingerprint density at radius 3 is 2.73 bits per heavy atom.